The van der Waals surface area contributed by atoms with Crippen molar-refractivity contribution in [3.05, 3.63) is 0 Å². The van der Waals surface area contributed by atoms with Crippen LogP contribution in [-0.2, 0) is 0 Å². The lowest BCUT2D eigenvalue weighted by molar-refractivity contribution is 0.154. The summed E-state index contributed by atoms with van der Waals surface area (Å²) in [5, 5.41) is 14.9. The van der Waals surface area contributed by atoms with E-state index in [4.69, 9.17) is 10.9 Å². The predicted molar refractivity (Wildman–Crippen MR) is 75.0 cm³/mol. The van der Waals surface area contributed by atoms with Gasteiger partial charge in [0.2, 0.25) is 0 Å². The summed E-state index contributed by atoms with van der Waals surface area (Å²) in [6, 6.07) is 0. The van der Waals surface area contributed by atoms with Gasteiger partial charge in [-0.3, -0.25) is 0 Å². The number of nitrogens with zero attached hydrogens (tertiary/aromatic N) is 2. The Hall–Kier alpha value is -0.810. The largest absolute Gasteiger partial charge is 0.409 e. The van der Waals surface area contributed by atoms with E-state index in [0.717, 1.165) is 25.9 Å². The van der Waals surface area contributed by atoms with Crippen LogP contribution in [0.25, 0.3) is 0 Å². The fourth-order valence-corrected chi connectivity index (χ4v) is 2.74. The molecule has 1 fully saturated rings. The molecule has 0 aromatic rings. The monoisotopic (exact) mass is 256 g/mol. The second-order valence-corrected chi connectivity index (χ2v) is 5.55. The van der Waals surface area contributed by atoms with Gasteiger partial charge in [-0.2, -0.15) is 0 Å². The summed E-state index contributed by atoms with van der Waals surface area (Å²) in [6.45, 7) is 2.08. The summed E-state index contributed by atoms with van der Waals surface area (Å²) in [5.41, 5.74) is 5.79. The average Bonchev–Trinajstić information content (AvgIpc) is 2.83. The van der Waals surface area contributed by atoms with Gasteiger partial charge in [0.05, 0.1) is 0 Å². The van der Waals surface area contributed by atoms with Gasteiger partial charge in [0.1, 0.15) is 5.84 Å². The third-order valence-corrected chi connectivity index (χ3v) is 4.10. The second kappa shape index (κ2) is 7.59. The van der Waals surface area contributed by atoms with E-state index in [1.807, 2.05) is 0 Å². The fourth-order valence-electron chi connectivity index (χ4n) is 2.74. The molecule has 106 valence electrons. The van der Waals surface area contributed by atoms with Gasteiger partial charge >= 0.3 is 0 Å². The summed E-state index contributed by atoms with van der Waals surface area (Å²) >= 11 is 0. The number of oxime groups is 1. The highest BCUT2D eigenvalue weighted by Crippen LogP contribution is 2.32. The van der Waals surface area contributed by atoms with Gasteiger partial charge in [-0.15, -0.1) is 0 Å². The van der Waals surface area contributed by atoms with Crippen LogP contribution in [0.3, 0.4) is 0 Å². The number of hydrogen-bond donors (Lipinski definition) is 3. The van der Waals surface area contributed by atoms with Gasteiger partial charge in [-0.1, -0.05) is 18.0 Å². The smallest absolute Gasteiger partial charge is 0.139 e. The summed E-state index contributed by atoms with van der Waals surface area (Å²) in [5.74, 6) is 0.329. The van der Waals surface area contributed by atoms with Gasteiger partial charge in [0.15, 0.2) is 0 Å². The first kappa shape index (κ1) is 15.2. The molecule has 1 aliphatic rings. The Morgan fingerprint density at radius 2 is 2.00 bits per heavy atom. The normalized spacial score (nSPS) is 19.6. The maximum atomic E-state index is 8.42. The zero-order chi connectivity index (χ0) is 13.4. The molecule has 1 aliphatic carbocycles. The number of likely N-dealkylation sites (N-methyl/N-ethyl adjacent to an activating group) is 1. The van der Waals surface area contributed by atoms with E-state index in [9.17, 15) is 0 Å². The van der Waals surface area contributed by atoms with E-state index < -0.39 is 0 Å². The lowest BCUT2D eigenvalue weighted by Gasteiger charge is -2.36. The number of nitrogens with two attached hydrogens (primary N) is 1. The molecule has 0 atom stereocenters. The SMILES string of the molecule is CN(C)C1(CNCCCCC(N)=NO)CCCC1. The van der Waals surface area contributed by atoms with Crippen LogP contribution >= 0.6 is 0 Å². The molecule has 5 nitrogen and oxygen atoms in total. The highest BCUT2D eigenvalue weighted by molar-refractivity contribution is 5.79. The van der Waals surface area contributed by atoms with Gasteiger partial charge in [0.25, 0.3) is 0 Å². The minimum atomic E-state index is 0.329. The maximum Gasteiger partial charge on any atom is 0.139 e. The topological polar surface area (TPSA) is 73.9 Å². The van der Waals surface area contributed by atoms with Crippen LogP contribution in [0.5, 0.6) is 0 Å². The van der Waals surface area contributed by atoms with Gasteiger partial charge in [-0.25, -0.2) is 0 Å². The van der Waals surface area contributed by atoms with E-state index in [1.165, 1.54) is 25.7 Å². The molecule has 1 saturated carbocycles. The van der Waals surface area contributed by atoms with E-state index in [1.54, 1.807) is 0 Å². The number of nitrogens with one attached hydrogen (secondary N) is 1. The fraction of sp³-hybridized carbons (Fsp3) is 0.923. The zero-order valence-electron chi connectivity index (χ0n) is 11.8. The molecule has 0 heterocycles. The van der Waals surface area contributed by atoms with Crippen molar-refractivity contribution < 1.29 is 5.21 Å². The molecular formula is C13H28N4O. The Bertz CT molecular complexity index is 260. The third-order valence-electron chi connectivity index (χ3n) is 4.10. The van der Waals surface area contributed by atoms with Crippen LogP contribution in [0.4, 0.5) is 0 Å². The maximum absolute atomic E-state index is 8.42. The summed E-state index contributed by atoms with van der Waals surface area (Å²) in [4.78, 5) is 2.38. The highest BCUT2D eigenvalue weighted by atomic mass is 16.4. The third kappa shape index (κ3) is 4.46. The second-order valence-electron chi connectivity index (χ2n) is 5.55. The van der Waals surface area contributed by atoms with Crippen molar-refractivity contribution >= 4 is 5.84 Å². The molecule has 0 saturated heterocycles. The Morgan fingerprint density at radius 3 is 2.56 bits per heavy atom. The molecule has 0 amide bonds. The molecule has 0 aromatic heterocycles. The highest BCUT2D eigenvalue weighted by Gasteiger charge is 2.35. The van der Waals surface area contributed by atoms with E-state index in [-0.39, 0.29) is 0 Å². The van der Waals surface area contributed by atoms with Crippen LogP contribution in [0.15, 0.2) is 5.16 Å². The summed E-state index contributed by atoms with van der Waals surface area (Å²) in [7, 11) is 4.37. The minimum Gasteiger partial charge on any atom is -0.409 e. The first-order valence-corrected chi connectivity index (χ1v) is 6.95. The number of hydrogen-bond acceptors (Lipinski definition) is 4. The first-order valence-electron chi connectivity index (χ1n) is 6.95. The van der Waals surface area contributed by atoms with Crippen molar-refractivity contribution in [1.82, 2.24) is 10.2 Å². The number of rotatable bonds is 8. The van der Waals surface area contributed by atoms with Crippen LogP contribution in [0.1, 0.15) is 44.9 Å². The number of unbranched alkanes of at least 4 members (excludes halogenated alkanes) is 1. The Labute approximate surface area is 110 Å². The molecule has 1 rings (SSSR count). The van der Waals surface area contributed by atoms with Crippen molar-refractivity contribution in [3.8, 4) is 0 Å². The Morgan fingerprint density at radius 1 is 1.33 bits per heavy atom. The lowest BCUT2D eigenvalue weighted by Crippen LogP contribution is -2.49. The van der Waals surface area contributed by atoms with E-state index >= 15 is 0 Å². The van der Waals surface area contributed by atoms with E-state index in [0.29, 0.717) is 17.8 Å². The molecule has 0 bridgehead atoms. The first-order chi connectivity index (χ1) is 8.60. The Balaban J connectivity index is 2.13. The molecule has 0 spiro atoms. The van der Waals surface area contributed by atoms with Gasteiger partial charge in [-0.05, 0) is 46.3 Å². The van der Waals surface area contributed by atoms with Crippen LogP contribution < -0.4 is 11.1 Å². The minimum absolute atomic E-state index is 0.329. The summed E-state index contributed by atoms with van der Waals surface area (Å²) < 4.78 is 0. The molecule has 0 aliphatic heterocycles. The average molecular weight is 256 g/mol. The molecule has 0 unspecified atom stereocenters. The van der Waals surface area contributed by atoms with Crippen molar-refractivity contribution in [2.75, 3.05) is 27.2 Å². The molecule has 18 heavy (non-hydrogen) atoms. The van der Waals surface area contributed by atoms with Crippen molar-refractivity contribution in [3.63, 3.8) is 0 Å². The van der Waals surface area contributed by atoms with Crippen LogP contribution in [0, 0.1) is 0 Å². The van der Waals surface area contributed by atoms with Crippen molar-refractivity contribution in [2.24, 2.45) is 10.9 Å². The molecule has 0 aromatic carbocycles. The van der Waals surface area contributed by atoms with E-state index in [2.05, 4.69) is 29.5 Å². The number of amidine groups is 1. The molecule has 0 radical (unpaired) electrons. The lowest BCUT2D eigenvalue weighted by atomic mass is 9.96. The molecular weight excluding hydrogens is 228 g/mol. The predicted octanol–water partition coefficient (Wildman–Crippen LogP) is 1.37. The standard InChI is InChI=1S/C13H28N4O/c1-17(2)13(8-4-5-9-13)11-15-10-6-3-7-12(14)16-18/h15,18H,3-11H2,1-2H3,(H2,14,16). The van der Waals surface area contributed by atoms with Gasteiger partial charge < -0.3 is 21.2 Å². The molecule has 5 heteroatoms. The quantitative estimate of drug-likeness (QED) is 0.202. The molecule has 4 N–H and O–H groups in total. The van der Waals surface area contributed by atoms with Crippen molar-refractivity contribution in [1.29, 1.82) is 0 Å². The van der Waals surface area contributed by atoms with Crippen molar-refractivity contribution in [2.45, 2.75) is 50.5 Å². The summed E-state index contributed by atoms with van der Waals surface area (Å²) in [6.07, 6.45) is 8.02. The van der Waals surface area contributed by atoms with Crippen LogP contribution in [0.2, 0.25) is 0 Å². The van der Waals surface area contributed by atoms with Gasteiger partial charge in [0, 0.05) is 18.5 Å². The van der Waals surface area contributed by atoms with Crippen LogP contribution in [-0.4, -0.2) is 48.7 Å². The zero-order valence-corrected chi connectivity index (χ0v) is 11.8. The Kier molecular flexibility index (Phi) is 6.43.